The average molecular weight is 823 g/mol. The molecule has 14 atom stereocenters. The first-order chi connectivity index (χ1) is 28.6. The normalized spacial score (nSPS) is 39.9. The van der Waals surface area contributed by atoms with Gasteiger partial charge >= 0.3 is 11.9 Å². The van der Waals surface area contributed by atoms with E-state index >= 15 is 0 Å². The van der Waals surface area contributed by atoms with Crippen molar-refractivity contribution in [3.05, 3.63) is 71.8 Å². The van der Waals surface area contributed by atoms with E-state index in [0.29, 0.717) is 24.8 Å². The molecule has 14 unspecified atom stereocenters. The van der Waals surface area contributed by atoms with E-state index in [2.05, 4.69) is 0 Å². The van der Waals surface area contributed by atoms with Crippen LogP contribution in [0, 0.1) is 0 Å². The van der Waals surface area contributed by atoms with E-state index in [1.165, 1.54) is 0 Å². The molecule has 322 valence electrons. The van der Waals surface area contributed by atoms with Gasteiger partial charge in [-0.25, -0.2) is 9.59 Å². The van der Waals surface area contributed by atoms with Crippen LogP contribution in [0.15, 0.2) is 60.7 Å². The van der Waals surface area contributed by atoms with Crippen molar-refractivity contribution in [1.29, 1.82) is 0 Å². The molecule has 9 rings (SSSR count). The second-order valence-corrected chi connectivity index (χ2v) is 17.1. The zero-order chi connectivity index (χ0) is 40.7. The molecule has 8 N–H and O–H groups in total. The molecule has 59 heavy (non-hydrogen) atoms. The van der Waals surface area contributed by atoms with Crippen molar-refractivity contribution in [2.45, 2.75) is 168 Å². The van der Waals surface area contributed by atoms with Gasteiger partial charge in [-0.15, -0.1) is 0 Å². The van der Waals surface area contributed by atoms with E-state index in [0.717, 1.165) is 51.4 Å². The van der Waals surface area contributed by atoms with Crippen molar-refractivity contribution in [2.24, 2.45) is 22.9 Å². The summed E-state index contributed by atoms with van der Waals surface area (Å²) in [5.41, 5.74) is 27.4. The molecule has 7 aliphatic rings. The van der Waals surface area contributed by atoms with Crippen molar-refractivity contribution < 1.29 is 57.0 Å². The molecule has 0 bridgehead atoms. The van der Waals surface area contributed by atoms with Crippen LogP contribution in [0.5, 0.6) is 0 Å². The zero-order valence-corrected chi connectivity index (χ0v) is 33.3. The first kappa shape index (κ1) is 41.3. The Morgan fingerprint density at radius 3 is 1.80 bits per heavy atom. The van der Waals surface area contributed by atoms with Crippen LogP contribution in [-0.2, 0) is 47.4 Å². The molecule has 2 spiro atoms. The molecule has 4 aliphatic heterocycles. The average Bonchev–Trinajstić information content (AvgIpc) is 3.79. The quantitative estimate of drug-likeness (QED) is 0.266. The Hall–Kier alpha value is -3.10. The minimum Gasteiger partial charge on any atom is -0.452 e. The molecule has 16 nitrogen and oxygen atoms in total. The minimum atomic E-state index is -1.30. The molecule has 7 fully saturated rings. The first-order valence-electron chi connectivity index (χ1n) is 21.4. The molecule has 3 saturated carbocycles. The van der Waals surface area contributed by atoms with Crippen LogP contribution in [0.1, 0.15) is 91.3 Å². The van der Waals surface area contributed by atoms with Crippen LogP contribution >= 0.6 is 0 Å². The molecule has 2 aromatic rings. The van der Waals surface area contributed by atoms with Crippen LogP contribution in [0.4, 0.5) is 0 Å². The Kier molecular flexibility index (Phi) is 12.1. The number of carbonyl (C=O) groups excluding carboxylic acids is 2. The SMILES string of the molecule is NCC1OC(OC2C(N)C(OC3C(N)CC(N)C4OC5(CCCCC5)OC34)OC3COC4(CCCCC4)OC32)C(OC(=O)c2ccccc2)C1OC(=O)c1ccccc1. The van der Waals surface area contributed by atoms with Gasteiger partial charge in [-0.1, -0.05) is 49.2 Å². The highest BCUT2D eigenvalue weighted by molar-refractivity contribution is 5.90. The first-order valence-corrected chi connectivity index (χ1v) is 21.4. The zero-order valence-electron chi connectivity index (χ0n) is 33.3. The van der Waals surface area contributed by atoms with Gasteiger partial charge in [0.2, 0.25) is 0 Å². The third kappa shape index (κ3) is 8.32. The second-order valence-electron chi connectivity index (χ2n) is 17.1. The highest BCUT2D eigenvalue weighted by Crippen LogP contribution is 2.47. The van der Waals surface area contributed by atoms with Crippen LogP contribution in [0.25, 0.3) is 0 Å². The monoisotopic (exact) mass is 822 g/mol. The lowest BCUT2D eigenvalue weighted by atomic mass is 9.84. The minimum absolute atomic E-state index is 0.0785. The van der Waals surface area contributed by atoms with Crippen molar-refractivity contribution in [2.75, 3.05) is 13.2 Å². The predicted molar refractivity (Wildman–Crippen MR) is 208 cm³/mol. The van der Waals surface area contributed by atoms with E-state index in [9.17, 15) is 9.59 Å². The molecule has 2 aromatic carbocycles. The lowest BCUT2D eigenvalue weighted by Crippen LogP contribution is -2.70. The largest absolute Gasteiger partial charge is 0.452 e. The van der Waals surface area contributed by atoms with Gasteiger partial charge in [0.25, 0.3) is 0 Å². The maximum absolute atomic E-state index is 13.7. The molecule has 0 aromatic heterocycles. The summed E-state index contributed by atoms with van der Waals surface area (Å²) in [5, 5.41) is 0. The fourth-order valence-corrected chi connectivity index (χ4v) is 10.0. The Bertz CT molecular complexity index is 1750. The summed E-state index contributed by atoms with van der Waals surface area (Å²) in [6.45, 7) is 0.110. The molecule has 0 amide bonds. The van der Waals surface area contributed by atoms with Gasteiger partial charge in [0.1, 0.15) is 42.7 Å². The standard InChI is InChI=1S/C43H58N4O12/c44-22-28-33(53-38(48)24-13-5-1-6-14-24)37(54-39(49)25-15-7-2-8-16-25)41(51-28)56-35-30(47)40(52-29-23-50-42(58-34(29)35)17-9-3-10-18-42)55-31-26(45)21-27(46)32-36(31)59-43(57-32)19-11-4-12-20-43/h1-2,5-8,13-16,26-37,40-41H,3-4,9-12,17-23,44-47H2. The van der Waals surface area contributed by atoms with E-state index in [-0.39, 0.29) is 24.8 Å². The van der Waals surface area contributed by atoms with E-state index in [4.69, 9.17) is 70.3 Å². The molecule has 16 heteroatoms. The van der Waals surface area contributed by atoms with Crippen LogP contribution < -0.4 is 22.9 Å². The summed E-state index contributed by atoms with van der Waals surface area (Å²) in [6, 6.07) is 15.2. The lowest BCUT2D eigenvalue weighted by Gasteiger charge is -2.53. The second kappa shape index (κ2) is 17.3. The molecule has 3 aliphatic carbocycles. The maximum atomic E-state index is 13.7. The number of fused-ring (bicyclic) bond motifs is 2. The number of hydrogen-bond acceptors (Lipinski definition) is 16. The highest BCUT2D eigenvalue weighted by Gasteiger charge is 2.61. The lowest BCUT2D eigenvalue weighted by molar-refractivity contribution is -0.398. The summed E-state index contributed by atoms with van der Waals surface area (Å²) in [7, 11) is 0. The molecular formula is C43H58N4O12. The number of hydrogen-bond donors (Lipinski definition) is 4. The van der Waals surface area contributed by atoms with Crippen molar-refractivity contribution in [1.82, 2.24) is 0 Å². The van der Waals surface area contributed by atoms with Gasteiger partial charge in [0.15, 0.2) is 36.4 Å². The van der Waals surface area contributed by atoms with Gasteiger partial charge in [-0.3, -0.25) is 0 Å². The number of ether oxygens (including phenoxy) is 10. The molecule has 4 saturated heterocycles. The van der Waals surface area contributed by atoms with E-state index in [1.807, 2.05) is 0 Å². The Morgan fingerprint density at radius 2 is 1.17 bits per heavy atom. The van der Waals surface area contributed by atoms with Gasteiger partial charge in [0, 0.05) is 44.3 Å². The highest BCUT2D eigenvalue weighted by atomic mass is 16.8. The Labute approximate surface area is 344 Å². The van der Waals surface area contributed by atoms with E-state index < -0.39 is 103 Å². The summed E-state index contributed by atoms with van der Waals surface area (Å²) in [4.78, 5) is 27.2. The summed E-state index contributed by atoms with van der Waals surface area (Å²) < 4.78 is 65.5. The van der Waals surface area contributed by atoms with Crippen LogP contribution in [0.3, 0.4) is 0 Å². The van der Waals surface area contributed by atoms with Crippen molar-refractivity contribution in [3.63, 3.8) is 0 Å². The van der Waals surface area contributed by atoms with Gasteiger partial charge in [0.05, 0.1) is 23.8 Å². The summed E-state index contributed by atoms with van der Waals surface area (Å²) in [6.07, 6.45) is -0.269. The van der Waals surface area contributed by atoms with Crippen LogP contribution in [-0.4, -0.2) is 122 Å². The van der Waals surface area contributed by atoms with Crippen LogP contribution in [0.2, 0.25) is 0 Å². The number of carbonyl (C=O) groups is 2. The number of benzene rings is 2. The number of nitrogens with two attached hydrogens (primary N) is 4. The maximum Gasteiger partial charge on any atom is 0.338 e. The third-order valence-corrected chi connectivity index (χ3v) is 13.1. The summed E-state index contributed by atoms with van der Waals surface area (Å²) >= 11 is 0. The van der Waals surface area contributed by atoms with Crippen molar-refractivity contribution in [3.8, 4) is 0 Å². The smallest absolute Gasteiger partial charge is 0.338 e. The van der Waals surface area contributed by atoms with Crippen molar-refractivity contribution >= 4 is 11.9 Å². The molecule has 0 radical (unpaired) electrons. The van der Waals surface area contributed by atoms with Gasteiger partial charge in [-0.2, -0.15) is 0 Å². The topological polar surface area (TPSA) is 231 Å². The Morgan fingerprint density at radius 1 is 0.610 bits per heavy atom. The number of esters is 2. The summed E-state index contributed by atoms with van der Waals surface area (Å²) in [5.74, 6) is -2.88. The number of rotatable bonds is 9. The predicted octanol–water partition coefficient (Wildman–Crippen LogP) is 2.52. The fraction of sp³-hybridized carbons (Fsp3) is 0.674. The fourth-order valence-electron chi connectivity index (χ4n) is 10.0. The molecule has 4 heterocycles. The van der Waals surface area contributed by atoms with Gasteiger partial charge in [-0.05, 0) is 56.4 Å². The Balaban J connectivity index is 1.01. The van der Waals surface area contributed by atoms with Gasteiger partial charge < -0.3 is 70.3 Å². The molecular weight excluding hydrogens is 764 g/mol. The third-order valence-electron chi connectivity index (χ3n) is 13.1. The van der Waals surface area contributed by atoms with E-state index in [1.54, 1.807) is 60.7 Å².